The highest BCUT2D eigenvalue weighted by Crippen LogP contribution is 2.33. The molecule has 0 fully saturated rings. The van der Waals surface area contributed by atoms with Crippen molar-refractivity contribution in [2.24, 2.45) is 0 Å². The van der Waals surface area contributed by atoms with Gasteiger partial charge in [-0.05, 0) is 47.0 Å². The molecule has 0 bridgehead atoms. The lowest BCUT2D eigenvalue weighted by Crippen LogP contribution is -1.99. The topological polar surface area (TPSA) is 0 Å². The predicted molar refractivity (Wildman–Crippen MR) is 82.6 cm³/mol. The van der Waals surface area contributed by atoms with Crippen molar-refractivity contribution in [2.45, 2.75) is 18.7 Å². The second kappa shape index (κ2) is 6.25. The van der Waals surface area contributed by atoms with E-state index in [1.807, 2.05) is 31.2 Å². The Labute approximate surface area is 130 Å². The zero-order valence-corrected chi connectivity index (χ0v) is 13.4. The molecule has 0 N–H and O–H groups in total. The molecule has 1 atom stereocenters. The quantitative estimate of drug-likeness (QED) is 0.459. The van der Waals surface area contributed by atoms with Gasteiger partial charge in [-0.2, -0.15) is 0 Å². The molecule has 0 amide bonds. The molecular formula is C15H12BrCl2F. The number of halogens is 4. The summed E-state index contributed by atoms with van der Waals surface area (Å²) in [5, 5.41) is 0.0271. The van der Waals surface area contributed by atoms with Gasteiger partial charge in [-0.25, -0.2) is 4.39 Å². The lowest BCUT2D eigenvalue weighted by Gasteiger charge is -2.12. The first-order valence-electron chi connectivity index (χ1n) is 5.81. The van der Waals surface area contributed by atoms with Crippen molar-refractivity contribution < 1.29 is 4.39 Å². The molecule has 0 radical (unpaired) electrons. The van der Waals surface area contributed by atoms with E-state index >= 15 is 0 Å². The van der Waals surface area contributed by atoms with Crippen LogP contribution < -0.4 is 0 Å². The Bertz CT molecular complexity index is 581. The fraction of sp³-hybridized carbons (Fsp3) is 0.200. The third-order valence-electron chi connectivity index (χ3n) is 2.91. The summed E-state index contributed by atoms with van der Waals surface area (Å²) < 4.78 is 14.4. The third-order valence-corrected chi connectivity index (χ3v) is 4.50. The van der Waals surface area contributed by atoms with Gasteiger partial charge in [-0.15, -0.1) is 11.6 Å². The number of benzene rings is 2. The molecule has 2 aromatic carbocycles. The first-order chi connectivity index (χ1) is 8.97. The minimum absolute atomic E-state index is 0.344. The van der Waals surface area contributed by atoms with Crippen LogP contribution >= 0.6 is 39.1 Å². The van der Waals surface area contributed by atoms with E-state index in [0.29, 0.717) is 21.5 Å². The van der Waals surface area contributed by atoms with Crippen LogP contribution in [0.25, 0.3) is 0 Å². The van der Waals surface area contributed by atoms with Gasteiger partial charge >= 0.3 is 0 Å². The third kappa shape index (κ3) is 3.71. The van der Waals surface area contributed by atoms with E-state index < -0.39 is 5.38 Å². The van der Waals surface area contributed by atoms with Crippen LogP contribution in [0.4, 0.5) is 4.39 Å². The maximum Gasteiger partial charge on any atom is 0.129 e. The van der Waals surface area contributed by atoms with Gasteiger partial charge in [0.2, 0.25) is 0 Å². The molecule has 0 aliphatic carbocycles. The first-order valence-corrected chi connectivity index (χ1v) is 7.42. The molecule has 100 valence electrons. The molecule has 2 rings (SSSR count). The van der Waals surface area contributed by atoms with Gasteiger partial charge in [0.15, 0.2) is 0 Å². The molecule has 0 aliphatic rings. The van der Waals surface area contributed by atoms with E-state index in [9.17, 15) is 4.39 Å². The fourth-order valence-electron chi connectivity index (χ4n) is 1.82. The minimum atomic E-state index is -0.437. The van der Waals surface area contributed by atoms with Gasteiger partial charge < -0.3 is 0 Å². The summed E-state index contributed by atoms with van der Waals surface area (Å²) in [6.45, 7) is 2.02. The van der Waals surface area contributed by atoms with Gasteiger partial charge in [0.05, 0.1) is 10.4 Å². The van der Waals surface area contributed by atoms with Crippen LogP contribution in [0.5, 0.6) is 0 Å². The van der Waals surface area contributed by atoms with Gasteiger partial charge in [-0.3, -0.25) is 0 Å². The van der Waals surface area contributed by atoms with Crippen molar-refractivity contribution in [3.05, 3.63) is 68.4 Å². The van der Waals surface area contributed by atoms with Gasteiger partial charge in [0.25, 0.3) is 0 Å². The zero-order chi connectivity index (χ0) is 14.0. The lowest BCUT2D eigenvalue weighted by atomic mass is 10.0. The normalized spacial score (nSPS) is 12.5. The molecule has 0 saturated carbocycles. The van der Waals surface area contributed by atoms with Crippen LogP contribution in [0.15, 0.2) is 40.9 Å². The van der Waals surface area contributed by atoms with Crippen molar-refractivity contribution in [3.8, 4) is 0 Å². The predicted octanol–water partition coefficient (Wildman–Crippen LogP) is 6.07. The summed E-state index contributed by atoms with van der Waals surface area (Å²) in [5.74, 6) is -0.344. The standard InChI is InChI=1S/C15H12BrCl2F/c1-9-2-4-10(5-3-9)6-13(17)11-7-14(18)12(16)8-15(11)19/h2-5,7-8,13H,6H2,1H3. The average Bonchev–Trinajstić information content (AvgIpc) is 2.36. The van der Waals surface area contributed by atoms with Crippen LogP contribution in [-0.4, -0.2) is 0 Å². The summed E-state index contributed by atoms with van der Waals surface area (Å²) in [6.07, 6.45) is 0.566. The Hall–Kier alpha value is -0.570. The van der Waals surface area contributed by atoms with E-state index in [1.54, 1.807) is 6.07 Å². The van der Waals surface area contributed by atoms with E-state index in [-0.39, 0.29) is 5.82 Å². The van der Waals surface area contributed by atoms with Crippen molar-refractivity contribution >= 4 is 39.1 Å². The molecular weight excluding hydrogens is 350 g/mol. The smallest absolute Gasteiger partial charge is 0.129 e. The summed E-state index contributed by atoms with van der Waals surface area (Å²) in [6, 6.07) is 11.0. The maximum atomic E-state index is 13.9. The van der Waals surface area contributed by atoms with Crippen molar-refractivity contribution in [3.63, 3.8) is 0 Å². The highest BCUT2D eigenvalue weighted by molar-refractivity contribution is 9.10. The number of hydrogen-bond donors (Lipinski definition) is 0. The number of alkyl halides is 1. The summed E-state index contributed by atoms with van der Waals surface area (Å²) >= 11 is 15.5. The van der Waals surface area contributed by atoms with Crippen LogP contribution in [0.2, 0.25) is 5.02 Å². The second-order valence-corrected chi connectivity index (χ2v) is 6.23. The number of rotatable bonds is 3. The monoisotopic (exact) mass is 360 g/mol. The molecule has 0 nitrogen and oxygen atoms in total. The Kier molecular flexibility index (Phi) is 4.88. The number of aryl methyl sites for hydroxylation is 1. The Balaban J connectivity index is 2.22. The average molecular weight is 362 g/mol. The molecule has 19 heavy (non-hydrogen) atoms. The highest BCUT2D eigenvalue weighted by atomic mass is 79.9. The Morgan fingerprint density at radius 2 is 1.84 bits per heavy atom. The van der Waals surface area contributed by atoms with Crippen molar-refractivity contribution in [2.75, 3.05) is 0 Å². The zero-order valence-electron chi connectivity index (χ0n) is 10.3. The van der Waals surface area contributed by atoms with Gasteiger partial charge in [0, 0.05) is 10.0 Å². The summed E-state index contributed by atoms with van der Waals surface area (Å²) in [7, 11) is 0. The Morgan fingerprint density at radius 1 is 1.21 bits per heavy atom. The minimum Gasteiger partial charge on any atom is -0.207 e. The lowest BCUT2D eigenvalue weighted by molar-refractivity contribution is 0.605. The van der Waals surface area contributed by atoms with Crippen LogP contribution in [0.1, 0.15) is 22.1 Å². The molecule has 2 aromatic rings. The molecule has 0 heterocycles. The number of hydrogen-bond acceptors (Lipinski definition) is 0. The molecule has 0 aliphatic heterocycles. The molecule has 0 aromatic heterocycles. The maximum absolute atomic E-state index is 13.9. The van der Waals surface area contributed by atoms with Crippen LogP contribution in [0.3, 0.4) is 0 Å². The fourth-order valence-corrected chi connectivity index (χ4v) is 2.65. The summed E-state index contributed by atoms with van der Waals surface area (Å²) in [4.78, 5) is 0. The first kappa shape index (κ1) is 14.8. The highest BCUT2D eigenvalue weighted by Gasteiger charge is 2.16. The summed E-state index contributed by atoms with van der Waals surface area (Å²) in [5.41, 5.74) is 2.69. The van der Waals surface area contributed by atoms with E-state index in [1.165, 1.54) is 11.6 Å². The van der Waals surface area contributed by atoms with E-state index in [0.717, 1.165) is 5.56 Å². The van der Waals surface area contributed by atoms with E-state index in [2.05, 4.69) is 15.9 Å². The SMILES string of the molecule is Cc1ccc(CC(Cl)c2cc(Cl)c(Br)cc2F)cc1. The van der Waals surface area contributed by atoms with Gasteiger partial charge in [0.1, 0.15) is 5.82 Å². The van der Waals surface area contributed by atoms with Crippen LogP contribution in [-0.2, 0) is 6.42 Å². The second-order valence-electron chi connectivity index (χ2n) is 4.45. The molecule has 1 unspecified atom stereocenters. The van der Waals surface area contributed by atoms with E-state index in [4.69, 9.17) is 23.2 Å². The Morgan fingerprint density at radius 3 is 2.47 bits per heavy atom. The van der Waals surface area contributed by atoms with Crippen LogP contribution in [0, 0.1) is 12.7 Å². The largest absolute Gasteiger partial charge is 0.207 e. The molecule has 0 saturated heterocycles. The van der Waals surface area contributed by atoms with Gasteiger partial charge in [-0.1, -0.05) is 41.4 Å². The van der Waals surface area contributed by atoms with Crippen molar-refractivity contribution in [1.82, 2.24) is 0 Å². The van der Waals surface area contributed by atoms with Crippen molar-refractivity contribution in [1.29, 1.82) is 0 Å². The molecule has 4 heteroatoms. The molecule has 0 spiro atoms.